The maximum Gasteiger partial charge on any atom is 0.131 e. The van der Waals surface area contributed by atoms with Crippen molar-refractivity contribution in [3.05, 3.63) is 12.4 Å². The first-order valence-corrected chi connectivity index (χ1v) is 5.53. The second-order valence-corrected chi connectivity index (χ2v) is 3.40. The molecule has 2 N–H and O–H groups in total. The molecule has 0 spiro atoms. The quantitative estimate of drug-likeness (QED) is 0.686. The topological polar surface area (TPSA) is 73.6 Å². The molecule has 0 bridgehead atoms. The van der Waals surface area contributed by atoms with Crippen LogP contribution in [0, 0.1) is 11.3 Å². The van der Waals surface area contributed by atoms with Crippen molar-refractivity contribution in [1.82, 2.24) is 9.97 Å². The van der Waals surface area contributed by atoms with E-state index in [-0.39, 0.29) is 0 Å². The number of nitriles is 1. The maximum absolute atomic E-state index is 8.41. The zero-order valence-electron chi connectivity index (χ0n) is 9.53. The number of hydrogen-bond donors (Lipinski definition) is 2. The van der Waals surface area contributed by atoms with Crippen LogP contribution in [-0.4, -0.2) is 23.1 Å². The predicted molar refractivity (Wildman–Crippen MR) is 64.1 cm³/mol. The first-order valence-electron chi connectivity index (χ1n) is 5.53. The second kappa shape index (κ2) is 7.46. The molecule has 5 nitrogen and oxygen atoms in total. The molecule has 0 radical (unpaired) electrons. The minimum Gasteiger partial charge on any atom is -0.370 e. The van der Waals surface area contributed by atoms with Gasteiger partial charge in [0.15, 0.2) is 0 Å². The van der Waals surface area contributed by atoms with Crippen molar-refractivity contribution in [3.8, 4) is 6.07 Å². The van der Waals surface area contributed by atoms with Gasteiger partial charge in [-0.15, -0.1) is 0 Å². The van der Waals surface area contributed by atoms with E-state index in [2.05, 4.69) is 33.6 Å². The fraction of sp³-hybridized carbons (Fsp3) is 0.545. The van der Waals surface area contributed by atoms with Crippen molar-refractivity contribution in [1.29, 1.82) is 5.26 Å². The summed E-state index contributed by atoms with van der Waals surface area (Å²) < 4.78 is 0. The molecule has 0 aliphatic rings. The maximum atomic E-state index is 8.41. The zero-order chi connectivity index (χ0) is 11.6. The number of anilines is 2. The van der Waals surface area contributed by atoms with Crippen LogP contribution in [0.4, 0.5) is 11.6 Å². The number of hydrogen-bond acceptors (Lipinski definition) is 5. The molecule has 0 fully saturated rings. The molecule has 0 saturated heterocycles. The van der Waals surface area contributed by atoms with E-state index in [0.29, 0.717) is 13.0 Å². The summed E-state index contributed by atoms with van der Waals surface area (Å²) in [7, 11) is 0. The largest absolute Gasteiger partial charge is 0.370 e. The van der Waals surface area contributed by atoms with Crippen molar-refractivity contribution < 1.29 is 0 Å². The number of unbranched alkanes of at least 4 members (excludes halogenated alkanes) is 1. The van der Waals surface area contributed by atoms with Gasteiger partial charge in [0.1, 0.15) is 18.0 Å². The lowest BCUT2D eigenvalue weighted by Gasteiger charge is -2.06. The van der Waals surface area contributed by atoms with Crippen molar-refractivity contribution in [2.24, 2.45) is 0 Å². The molecule has 0 saturated carbocycles. The van der Waals surface area contributed by atoms with E-state index < -0.39 is 0 Å². The first-order chi connectivity index (χ1) is 7.86. The number of nitrogens with one attached hydrogen (secondary N) is 2. The molecule has 0 aliphatic carbocycles. The van der Waals surface area contributed by atoms with Gasteiger partial charge >= 0.3 is 0 Å². The van der Waals surface area contributed by atoms with Crippen molar-refractivity contribution in [2.75, 3.05) is 23.7 Å². The number of nitrogens with zero attached hydrogens (tertiary/aromatic N) is 3. The van der Waals surface area contributed by atoms with Crippen molar-refractivity contribution >= 4 is 11.6 Å². The molecule has 0 amide bonds. The summed E-state index contributed by atoms with van der Waals surface area (Å²) in [6.07, 6.45) is 4.28. The predicted octanol–water partition coefficient (Wildman–Crippen LogP) is 2.01. The normalized spacial score (nSPS) is 9.50. The average Bonchev–Trinajstić information content (AvgIpc) is 2.30. The van der Waals surface area contributed by atoms with E-state index in [4.69, 9.17) is 5.26 Å². The van der Waals surface area contributed by atoms with Gasteiger partial charge in [-0.05, 0) is 6.42 Å². The average molecular weight is 219 g/mol. The van der Waals surface area contributed by atoms with Gasteiger partial charge in [-0.2, -0.15) is 5.26 Å². The molecule has 5 heteroatoms. The second-order valence-electron chi connectivity index (χ2n) is 3.40. The minimum absolute atomic E-state index is 0.475. The van der Waals surface area contributed by atoms with Crippen molar-refractivity contribution in [3.63, 3.8) is 0 Å². The van der Waals surface area contributed by atoms with E-state index in [1.165, 1.54) is 6.33 Å². The lowest BCUT2D eigenvalue weighted by Crippen LogP contribution is -2.06. The van der Waals surface area contributed by atoms with E-state index in [1.807, 2.05) is 6.07 Å². The highest BCUT2D eigenvalue weighted by molar-refractivity contribution is 5.46. The van der Waals surface area contributed by atoms with Crippen molar-refractivity contribution in [2.45, 2.75) is 26.2 Å². The highest BCUT2D eigenvalue weighted by Crippen LogP contribution is 2.08. The molecule has 1 aromatic rings. The molecular formula is C11H17N5. The SMILES string of the molecule is CCCCNc1cc(NCCC#N)ncn1. The van der Waals surface area contributed by atoms with Crippen LogP contribution in [0.3, 0.4) is 0 Å². The Morgan fingerprint density at radius 1 is 1.25 bits per heavy atom. The first kappa shape index (κ1) is 12.2. The Kier molecular flexibility index (Phi) is 5.71. The van der Waals surface area contributed by atoms with Gasteiger partial charge in [-0.25, -0.2) is 9.97 Å². The van der Waals surface area contributed by atoms with Crippen LogP contribution < -0.4 is 10.6 Å². The summed E-state index contributed by atoms with van der Waals surface area (Å²) in [5, 5.41) is 14.7. The standard InChI is InChI=1S/C11H17N5/c1-2-3-6-13-10-8-11(16-9-15-10)14-7-4-5-12/h8-9H,2-4,6-7H2,1H3,(H2,13,14,15,16). The third-order valence-corrected chi connectivity index (χ3v) is 2.05. The fourth-order valence-electron chi connectivity index (χ4n) is 1.19. The van der Waals surface area contributed by atoms with Crippen LogP contribution >= 0.6 is 0 Å². The van der Waals surface area contributed by atoms with E-state index in [0.717, 1.165) is 31.0 Å². The van der Waals surface area contributed by atoms with Gasteiger partial charge in [-0.3, -0.25) is 0 Å². The molecule has 0 aromatic carbocycles. The summed E-state index contributed by atoms with van der Waals surface area (Å²) in [4.78, 5) is 8.18. The molecular weight excluding hydrogens is 202 g/mol. The molecule has 86 valence electrons. The molecule has 0 unspecified atom stereocenters. The minimum atomic E-state index is 0.475. The Labute approximate surface area is 95.9 Å². The van der Waals surface area contributed by atoms with Gasteiger partial charge in [-0.1, -0.05) is 13.3 Å². The van der Waals surface area contributed by atoms with Gasteiger partial charge in [0.2, 0.25) is 0 Å². The molecule has 0 atom stereocenters. The lowest BCUT2D eigenvalue weighted by atomic mass is 10.3. The lowest BCUT2D eigenvalue weighted by molar-refractivity contribution is 0.830. The van der Waals surface area contributed by atoms with Crippen LogP contribution in [-0.2, 0) is 0 Å². The Balaban J connectivity index is 2.41. The third-order valence-electron chi connectivity index (χ3n) is 2.05. The number of aromatic nitrogens is 2. The van der Waals surface area contributed by atoms with Gasteiger partial charge in [0.25, 0.3) is 0 Å². The third kappa shape index (κ3) is 4.60. The highest BCUT2D eigenvalue weighted by atomic mass is 15.1. The van der Waals surface area contributed by atoms with Gasteiger partial charge in [0.05, 0.1) is 12.5 Å². The zero-order valence-corrected chi connectivity index (χ0v) is 9.53. The highest BCUT2D eigenvalue weighted by Gasteiger charge is 1.97. The van der Waals surface area contributed by atoms with Gasteiger partial charge < -0.3 is 10.6 Å². The summed E-state index contributed by atoms with van der Waals surface area (Å²) in [6.45, 7) is 3.68. The Morgan fingerprint density at radius 3 is 2.56 bits per heavy atom. The van der Waals surface area contributed by atoms with Crippen LogP contribution in [0.2, 0.25) is 0 Å². The monoisotopic (exact) mass is 219 g/mol. The Bertz CT molecular complexity index is 344. The van der Waals surface area contributed by atoms with E-state index in [1.54, 1.807) is 0 Å². The summed E-state index contributed by atoms with van der Waals surface area (Å²) >= 11 is 0. The van der Waals surface area contributed by atoms with Crippen LogP contribution in [0.1, 0.15) is 26.2 Å². The molecule has 1 aromatic heterocycles. The van der Waals surface area contributed by atoms with Crippen LogP contribution in [0.25, 0.3) is 0 Å². The molecule has 1 rings (SSSR count). The molecule has 16 heavy (non-hydrogen) atoms. The van der Waals surface area contributed by atoms with E-state index >= 15 is 0 Å². The summed E-state index contributed by atoms with van der Waals surface area (Å²) in [5.74, 6) is 1.58. The molecule has 1 heterocycles. The summed E-state index contributed by atoms with van der Waals surface area (Å²) in [5.41, 5.74) is 0. The van der Waals surface area contributed by atoms with Crippen LogP contribution in [0.5, 0.6) is 0 Å². The Morgan fingerprint density at radius 2 is 1.94 bits per heavy atom. The Hall–Kier alpha value is -1.83. The summed E-state index contributed by atoms with van der Waals surface area (Å²) in [6, 6.07) is 3.93. The smallest absolute Gasteiger partial charge is 0.131 e. The van der Waals surface area contributed by atoms with Gasteiger partial charge in [0, 0.05) is 19.2 Å². The van der Waals surface area contributed by atoms with E-state index in [9.17, 15) is 0 Å². The number of rotatable bonds is 7. The van der Waals surface area contributed by atoms with Crippen LogP contribution in [0.15, 0.2) is 12.4 Å². The molecule has 0 aliphatic heterocycles. The fourth-order valence-corrected chi connectivity index (χ4v) is 1.19.